The summed E-state index contributed by atoms with van der Waals surface area (Å²) in [6, 6.07) is 4.38. The molecule has 2 atom stereocenters. The second-order valence-corrected chi connectivity index (χ2v) is 10.1. The normalized spacial score (nSPS) is 20.7. The number of oxime groups is 1. The molecule has 2 aromatic rings. The van der Waals surface area contributed by atoms with E-state index in [4.69, 9.17) is 37.6 Å². The molecule has 0 aromatic heterocycles. The van der Waals surface area contributed by atoms with E-state index in [1.54, 1.807) is 6.92 Å². The number of likely N-dealkylation sites (N-methyl/N-ethyl adjacent to an activating group) is 1. The molecule has 2 unspecified atom stereocenters. The van der Waals surface area contributed by atoms with Gasteiger partial charge in [-0.2, -0.15) is 13.2 Å². The van der Waals surface area contributed by atoms with Crippen molar-refractivity contribution >= 4 is 46.6 Å². The van der Waals surface area contributed by atoms with Crippen molar-refractivity contribution in [1.29, 1.82) is 0 Å². The summed E-state index contributed by atoms with van der Waals surface area (Å²) in [6.07, 6.45) is -5.81. The Kier molecular flexibility index (Phi) is 8.65. The smallest absolute Gasteiger partial charge is 0.375 e. The number of carbonyl (C=O) groups is 3. The van der Waals surface area contributed by atoms with Crippen molar-refractivity contribution in [2.24, 2.45) is 5.16 Å². The zero-order chi connectivity index (χ0) is 30.3. The van der Waals surface area contributed by atoms with Crippen LogP contribution in [0.1, 0.15) is 40.4 Å². The van der Waals surface area contributed by atoms with Gasteiger partial charge >= 0.3 is 6.18 Å². The number of imide groups is 1. The summed E-state index contributed by atoms with van der Waals surface area (Å²) in [6.45, 7) is 2.64. The molecule has 4 rings (SSSR count). The Morgan fingerprint density at radius 1 is 1.22 bits per heavy atom. The molecule has 2 aliphatic rings. The third kappa shape index (κ3) is 5.51. The maximum atomic E-state index is 14.4. The van der Waals surface area contributed by atoms with Crippen LogP contribution in [0.25, 0.3) is 0 Å². The van der Waals surface area contributed by atoms with E-state index in [0.29, 0.717) is 0 Å². The number of hydrogen-bond donors (Lipinski definition) is 0. The molecule has 2 aromatic carbocycles. The molecule has 0 spiro atoms. The van der Waals surface area contributed by atoms with Crippen molar-refractivity contribution in [2.45, 2.75) is 38.1 Å². The van der Waals surface area contributed by atoms with E-state index >= 15 is 0 Å². The molecule has 0 N–H and O–H groups in total. The molecular weight excluding hydrogens is 597 g/mol. The Balaban J connectivity index is 1.65. The van der Waals surface area contributed by atoms with Crippen molar-refractivity contribution in [3.05, 3.63) is 68.4 Å². The maximum absolute atomic E-state index is 14.4. The topological polar surface area (TPSA) is 97.7 Å². The number of hydrogen-bond acceptors (Lipinski definition) is 7. The first-order valence-electron chi connectivity index (χ1n) is 12.1. The molecule has 1 saturated heterocycles. The van der Waals surface area contributed by atoms with Crippen LogP contribution in [0, 0.1) is 12.7 Å². The van der Waals surface area contributed by atoms with Crippen molar-refractivity contribution in [2.75, 3.05) is 26.9 Å². The molecule has 41 heavy (non-hydrogen) atoms. The minimum Gasteiger partial charge on any atom is -0.375 e. The second kappa shape index (κ2) is 11.6. The van der Waals surface area contributed by atoms with Crippen molar-refractivity contribution in [1.82, 2.24) is 9.96 Å². The summed E-state index contributed by atoms with van der Waals surface area (Å²) in [5.41, 5.74) is -3.17. The van der Waals surface area contributed by atoms with Gasteiger partial charge in [-0.1, -0.05) is 34.4 Å². The first kappa shape index (κ1) is 30.7. The van der Waals surface area contributed by atoms with Crippen LogP contribution < -0.4 is 0 Å². The fraction of sp³-hybridized carbons (Fsp3) is 0.385. The lowest BCUT2D eigenvalue weighted by atomic mass is 9.86. The number of nitrogens with zero attached hydrogens (tertiary/aromatic N) is 3. The molecule has 9 nitrogen and oxygen atoms in total. The fourth-order valence-electron chi connectivity index (χ4n) is 4.58. The zero-order valence-electron chi connectivity index (χ0n) is 21.9. The highest BCUT2D eigenvalue weighted by Crippen LogP contribution is 2.50. The molecule has 2 heterocycles. The molecule has 1 fully saturated rings. The molecule has 0 bridgehead atoms. The number of methoxy groups -OCH3 is 1. The number of hydroxylamine groups is 2. The van der Waals surface area contributed by atoms with Gasteiger partial charge in [0.2, 0.25) is 0 Å². The molecule has 220 valence electrons. The molecular formula is C26H23Cl2F4N3O6. The SMILES string of the molecule is CCN1OCC(N(C(=O)COC)C(=O)c2ccc(C3=NOC(c4cc(Cl)c(F)c(Cl)c4)(C(F)(F)F)C3)cc2C)C1=O. The highest BCUT2D eigenvalue weighted by Gasteiger charge is 2.62. The van der Waals surface area contributed by atoms with Crippen LogP contribution in [0.3, 0.4) is 0 Å². The van der Waals surface area contributed by atoms with Crippen LogP contribution in [0.15, 0.2) is 35.5 Å². The van der Waals surface area contributed by atoms with Gasteiger partial charge in [-0.15, -0.1) is 0 Å². The summed E-state index contributed by atoms with van der Waals surface area (Å²) >= 11 is 11.5. The van der Waals surface area contributed by atoms with Gasteiger partial charge in [-0.25, -0.2) is 9.45 Å². The lowest BCUT2D eigenvalue weighted by Crippen LogP contribution is -2.51. The van der Waals surface area contributed by atoms with Crippen LogP contribution >= 0.6 is 23.2 Å². The van der Waals surface area contributed by atoms with Crippen LogP contribution in [0.2, 0.25) is 10.0 Å². The Labute approximate surface area is 241 Å². The highest BCUT2D eigenvalue weighted by molar-refractivity contribution is 6.35. The van der Waals surface area contributed by atoms with Crippen LogP contribution in [0.4, 0.5) is 17.6 Å². The molecule has 0 aliphatic carbocycles. The van der Waals surface area contributed by atoms with E-state index in [1.165, 1.54) is 32.2 Å². The average Bonchev–Trinajstić information content (AvgIpc) is 3.52. The highest BCUT2D eigenvalue weighted by atomic mass is 35.5. The number of carbonyl (C=O) groups excluding carboxylic acids is 3. The quantitative estimate of drug-likeness (QED) is 0.326. The lowest BCUT2D eigenvalue weighted by molar-refractivity contribution is -0.275. The molecule has 2 aliphatic heterocycles. The van der Waals surface area contributed by atoms with Gasteiger partial charge in [0.05, 0.1) is 15.8 Å². The van der Waals surface area contributed by atoms with Crippen molar-refractivity contribution in [3.63, 3.8) is 0 Å². The number of amides is 3. The molecule has 0 saturated carbocycles. The predicted molar refractivity (Wildman–Crippen MR) is 138 cm³/mol. The van der Waals surface area contributed by atoms with Crippen molar-refractivity contribution in [3.8, 4) is 0 Å². The van der Waals surface area contributed by atoms with Crippen LogP contribution in [-0.4, -0.2) is 72.5 Å². The predicted octanol–water partition coefficient (Wildman–Crippen LogP) is 4.80. The van der Waals surface area contributed by atoms with Gasteiger partial charge in [0.15, 0.2) is 5.82 Å². The van der Waals surface area contributed by atoms with E-state index in [-0.39, 0.29) is 35.6 Å². The molecule has 3 amide bonds. The first-order chi connectivity index (χ1) is 19.3. The fourth-order valence-corrected chi connectivity index (χ4v) is 5.06. The number of ether oxygens (including phenoxy) is 1. The van der Waals surface area contributed by atoms with Crippen LogP contribution in [-0.2, 0) is 29.6 Å². The minimum absolute atomic E-state index is 0.0136. The van der Waals surface area contributed by atoms with E-state index in [9.17, 15) is 31.9 Å². The Hall–Kier alpha value is -3.26. The number of rotatable bonds is 7. The van der Waals surface area contributed by atoms with Gasteiger partial charge in [0.25, 0.3) is 23.3 Å². The summed E-state index contributed by atoms with van der Waals surface area (Å²) in [5.74, 6) is -3.25. The second-order valence-electron chi connectivity index (χ2n) is 9.26. The Morgan fingerprint density at radius 3 is 2.41 bits per heavy atom. The number of alkyl halides is 3. The summed E-state index contributed by atoms with van der Waals surface area (Å²) < 4.78 is 61.8. The van der Waals surface area contributed by atoms with Gasteiger partial charge in [-0.05, 0) is 49.2 Å². The third-order valence-electron chi connectivity index (χ3n) is 6.70. The average molecular weight is 620 g/mol. The van der Waals surface area contributed by atoms with Gasteiger partial charge in [0, 0.05) is 31.2 Å². The first-order valence-corrected chi connectivity index (χ1v) is 12.9. The van der Waals surface area contributed by atoms with Gasteiger partial charge < -0.3 is 9.57 Å². The summed E-state index contributed by atoms with van der Waals surface area (Å²) in [4.78, 5) is 50.0. The third-order valence-corrected chi connectivity index (χ3v) is 7.25. The van der Waals surface area contributed by atoms with E-state index < -0.39 is 70.0 Å². The van der Waals surface area contributed by atoms with E-state index in [0.717, 1.165) is 22.1 Å². The van der Waals surface area contributed by atoms with Gasteiger partial charge in [-0.3, -0.25) is 24.1 Å². The molecule has 0 radical (unpaired) electrons. The van der Waals surface area contributed by atoms with Crippen LogP contribution in [0.5, 0.6) is 0 Å². The Morgan fingerprint density at radius 2 is 1.88 bits per heavy atom. The number of aryl methyl sites for hydroxylation is 1. The largest absolute Gasteiger partial charge is 0.435 e. The minimum atomic E-state index is -5.00. The zero-order valence-corrected chi connectivity index (χ0v) is 23.4. The summed E-state index contributed by atoms with van der Waals surface area (Å²) in [5, 5.41) is 3.46. The standard InChI is InChI=1S/C26H23Cl2F4N3O6/c1-4-34-24(38)20(11-40-34)35(21(36)12-39-3)23(37)16-6-5-14(7-13(16)2)19-10-25(41-33-19,26(30,31)32)15-8-17(27)22(29)18(28)9-15/h5-9,20H,4,10-12H2,1-3H3. The Bertz CT molecular complexity index is 1410. The van der Waals surface area contributed by atoms with E-state index in [2.05, 4.69) is 5.16 Å². The van der Waals surface area contributed by atoms with Gasteiger partial charge in [0.1, 0.15) is 19.3 Å². The summed E-state index contributed by atoms with van der Waals surface area (Å²) in [7, 11) is 1.26. The molecule has 15 heteroatoms. The maximum Gasteiger partial charge on any atom is 0.435 e. The van der Waals surface area contributed by atoms with Crippen molar-refractivity contribution < 1.29 is 46.4 Å². The lowest BCUT2D eigenvalue weighted by Gasteiger charge is -2.29. The number of halogens is 6. The van der Waals surface area contributed by atoms with E-state index in [1.807, 2.05) is 0 Å². The number of benzene rings is 2. The monoisotopic (exact) mass is 619 g/mol.